The van der Waals surface area contributed by atoms with Crippen LogP contribution in [0.25, 0.3) is 5.69 Å². The summed E-state index contributed by atoms with van der Waals surface area (Å²) in [6, 6.07) is 15.5. The van der Waals surface area contributed by atoms with Gasteiger partial charge in [-0.15, -0.1) is 10.2 Å². The summed E-state index contributed by atoms with van der Waals surface area (Å²) < 4.78 is 8.22. The van der Waals surface area contributed by atoms with E-state index in [1.165, 1.54) is 11.8 Å². The number of nitrogens with zero attached hydrogens (tertiary/aromatic N) is 4. The van der Waals surface area contributed by atoms with Crippen LogP contribution >= 0.6 is 27.7 Å². The van der Waals surface area contributed by atoms with Gasteiger partial charge in [-0.25, -0.2) is 0 Å². The molecule has 0 fully saturated rings. The van der Waals surface area contributed by atoms with Crippen LogP contribution in [-0.4, -0.2) is 45.5 Å². The van der Waals surface area contributed by atoms with Crippen molar-refractivity contribution in [2.24, 2.45) is 0 Å². The first-order valence-corrected chi connectivity index (χ1v) is 10.0. The Hall–Kier alpha value is -2.32. The largest absolute Gasteiger partial charge is 0.495 e. The Labute approximate surface area is 170 Å². The minimum Gasteiger partial charge on any atom is -0.495 e. The molecule has 27 heavy (non-hydrogen) atoms. The highest BCUT2D eigenvalue weighted by molar-refractivity contribution is 9.10. The molecule has 6 nitrogen and oxygen atoms in total. The third kappa shape index (κ3) is 4.70. The van der Waals surface area contributed by atoms with Gasteiger partial charge in [0.2, 0.25) is 5.91 Å². The molecule has 8 heteroatoms. The molecule has 1 amide bonds. The fourth-order valence-corrected chi connectivity index (χ4v) is 3.80. The first-order valence-electron chi connectivity index (χ1n) is 8.23. The van der Waals surface area contributed by atoms with Crippen LogP contribution in [0.1, 0.15) is 5.56 Å². The predicted octanol–water partition coefficient (Wildman–Crippen LogP) is 3.79. The van der Waals surface area contributed by atoms with Gasteiger partial charge in [0, 0.05) is 18.1 Å². The lowest BCUT2D eigenvalue weighted by atomic mass is 10.2. The second-order valence-electron chi connectivity index (χ2n) is 5.79. The zero-order valence-corrected chi connectivity index (χ0v) is 17.4. The highest BCUT2D eigenvalue weighted by Crippen LogP contribution is 2.26. The number of hydrogen-bond donors (Lipinski definition) is 0. The summed E-state index contributed by atoms with van der Waals surface area (Å²) in [5.41, 5.74) is 1.90. The van der Waals surface area contributed by atoms with Crippen LogP contribution in [0.2, 0.25) is 0 Å². The maximum atomic E-state index is 12.5. The number of benzene rings is 2. The van der Waals surface area contributed by atoms with Gasteiger partial charge in [0.15, 0.2) is 5.16 Å². The number of carbonyl (C=O) groups excluding carboxylic acids is 1. The highest BCUT2D eigenvalue weighted by atomic mass is 79.9. The van der Waals surface area contributed by atoms with Gasteiger partial charge < -0.3 is 9.64 Å². The number of carbonyl (C=O) groups is 1. The van der Waals surface area contributed by atoms with Gasteiger partial charge in [0.05, 0.1) is 18.6 Å². The van der Waals surface area contributed by atoms with E-state index in [0.29, 0.717) is 11.7 Å². The van der Waals surface area contributed by atoms with Gasteiger partial charge in [-0.05, 0) is 23.8 Å². The van der Waals surface area contributed by atoms with Gasteiger partial charge in [0.25, 0.3) is 0 Å². The molecule has 3 rings (SSSR count). The molecule has 2 aromatic carbocycles. The Kier molecular flexibility index (Phi) is 6.52. The molecular formula is C19H19BrN4O2S. The number of para-hydroxylation sites is 2. The van der Waals surface area contributed by atoms with E-state index in [1.54, 1.807) is 25.4 Å². The number of hydrogen-bond acceptors (Lipinski definition) is 5. The maximum Gasteiger partial charge on any atom is 0.233 e. The van der Waals surface area contributed by atoms with E-state index in [0.717, 1.165) is 21.5 Å². The van der Waals surface area contributed by atoms with Crippen LogP contribution in [0.5, 0.6) is 5.75 Å². The predicted molar refractivity (Wildman–Crippen MR) is 109 cm³/mol. The van der Waals surface area contributed by atoms with Crippen molar-refractivity contribution >= 4 is 33.6 Å². The minimum atomic E-state index is 0.0188. The molecule has 0 saturated carbocycles. The topological polar surface area (TPSA) is 60.2 Å². The van der Waals surface area contributed by atoms with Gasteiger partial charge >= 0.3 is 0 Å². The summed E-state index contributed by atoms with van der Waals surface area (Å²) in [6.45, 7) is 0.542. The molecule has 0 unspecified atom stereocenters. The lowest BCUT2D eigenvalue weighted by Crippen LogP contribution is -2.28. The second-order valence-corrected chi connectivity index (χ2v) is 7.58. The molecule has 140 valence electrons. The summed E-state index contributed by atoms with van der Waals surface area (Å²) >= 11 is 4.87. The summed E-state index contributed by atoms with van der Waals surface area (Å²) in [7, 11) is 3.42. The van der Waals surface area contributed by atoms with Crippen molar-refractivity contribution in [1.82, 2.24) is 19.7 Å². The molecule has 0 N–H and O–H groups in total. The van der Waals surface area contributed by atoms with E-state index in [4.69, 9.17) is 4.74 Å². The molecule has 0 bridgehead atoms. The van der Waals surface area contributed by atoms with Crippen molar-refractivity contribution in [3.8, 4) is 11.4 Å². The third-order valence-electron chi connectivity index (χ3n) is 3.98. The van der Waals surface area contributed by atoms with Crippen LogP contribution < -0.4 is 4.74 Å². The van der Waals surface area contributed by atoms with E-state index < -0.39 is 0 Å². The Morgan fingerprint density at radius 1 is 1.22 bits per heavy atom. The SMILES string of the molecule is COc1ccccc1-n1cnnc1SCC(=O)N(C)Cc1ccccc1Br. The van der Waals surface area contributed by atoms with Crippen LogP contribution in [-0.2, 0) is 11.3 Å². The quantitative estimate of drug-likeness (QED) is 0.516. The molecule has 1 aromatic heterocycles. The van der Waals surface area contributed by atoms with Crippen molar-refractivity contribution in [2.75, 3.05) is 19.9 Å². The van der Waals surface area contributed by atoms with E-state index in [9.17, 15) is 4.79 Å². The summed E-state index contributed by atoms with van der Waals surface area (Å²) in [5.74, 6) is 1.01. The Balaban J connectivity index is 1.66. The average molecular weight is 447 g/mol. The Morgan fingerprint density at radius 3 is 2.74 bits per heavy atom. The summed E-state index contributed by atoms with van der Waals surface area (Å²) in [6.07, 6.45) is 1.62. The molecule has 0 aliphatic carbocycles. The van der Waals surface area contributed by atoms with Crippen molar-refractivity contribution in [1.29, 1.82) is 0 Å². The van der Waals surface area contributed by atoms with Crippen molar-refractivity contribution in [2.45, 2.75) is 11.7 Å². The van der Waals surface area contributed by atoms with Crippen molar-refractivity contribution < 1.29 is 9.53 Å². The number of methoxy groups -OCH3 is 1. The fourth-order valence-electron chi connectivity index (χ4n) is 2.52. The van der Waals surface area contributed by atoms with Crippen LogP contribution in [0.15, 0.2) is 64.5 Å². The Morgan fingerprint density at radius 2 is 1.96 bits per heavy atom. The first kappa shape index (κ1) is 19.4. The van der Waals surface area contributed by atoms with E-state index in [1.807, 2.05) is 53.1 Å². The van der Waals surface area contributed by atoms with E-state index in [2.05, 4.69) is 26.1 Å². The number of ether oxygens (including phenoxy) is 1. The number of rotatable bonds is 7. The molecule has 0 radical (unpaired) electrons. The molecule has 1 heterocycles. The van der Waals surface area contributed by atoms with Gasteiger partial charge in [-0.2, -0.15) is 0 Å². The Bertz CT molecular complexity index is 931. The highest BCUT2D eigenvalue weighted by Gasteiger charge is 2.15. The number of halogens is 1. The molecule has 0 saturated heterocycles. The third-order valence-corrected chi connectivity index (χ3v) is 5.68. The fraction of sp³-hybridized carbons (Fsp3) is 0.211. The van der Waals surface area contributed by atoms with Gasteiger partial charge in [-0.1, -0.05) is 58.0 Å². The van der Waals surface area contributed by atoms with E-state index in [-0.39, 0.29) is 11.7 Å². The lowest BCUT2D eigenvalue weighted by molar-refractivity contribution is -0.127. The van der Waals surface area contributed by atoms with Gasteiger partial charge in [-0.3, -0.25) is 9.36 Å². The van der Waals surface area contributed by atoms with Gasteiger partial charge in [0.1, 0.15) is 12.1 Å². The summed E-state index contributed by atoms with van der Waals surface area (Å²) in [5, 5.41) is 8.76. The lowest BCUT2D eigenvalue weighted by Gasteiger charge is -2.18. The van der Waals surface area contributed by atoms with Crippen molar-refractivity contribution in [3.05, 3.63) is 64.9 Å². The molecule has 0 aliphatic rings. The standard InChI is InChI=1S/C19H19BrN4O2S/c1-23(11-14-7-3-4-8-15(14)20)18(25)12-27-19-22-21-13-24(19)16-9-5-6-10-17(16)26-2/h3-10,13H,11-12H2,1-2H3. The summed E-state index contributed by atoms with van der Waals surface area (Å²) in [4.78, 5) is 14.2. The average Bonchev–Trinajstić information content (AvgIpc) is 3.16. The first-order chi connectivity index (χ1) is 13.1. The zero-order valence-electron chi connectivity index (χ0n) is 15.0. The normalized spacial score (nSPS) is 10.6. The minimum absolute atomic E-state index is 0.0188. The van der Waals surface area contributed by atoms with Crippen LogP contribution in [0, 0.1) is 0 Å². The van der Waals surface area contributed by atoms with E-state index >= 15 is 0 Å². The smallest absolute Gasteiger partial charge is 0.233 e. The van der Waals surface area contributed by atoms with Crippen molar-refractivity contribution in [3.63, 3.8) is 0 Å². The van der Waals surface area contributed by atoms with Crippen LogP contribution in [0.3, 0.4) is 0 Å². The molecule has 0 aliphatic heterocycles. The number of aromatic nitrogens is 3. The maximum absolute atomic E-state index is 12.5. The zero-order chi connectivity index (χ0) is 19.2. The molecular weight excluding hydrogens is 428 g/mol. The molecule has 0 atom stereocenters. The monoisotopic (exact) mass is 446 g/mol. The molecule has 3 aromatic rings. The van der Waals surface area contributed by atoms with Crippen LogP contribution in [0.4, 0.5) is 0 Å². The second kappa shape index (κ2) is 9.05. The number of amides is 1. The number of thioether (sulfide) groups is 1. The molecule has 0 spiro atoms.